The van der Waals surface area contributed by atoms with Gasteiger partial charge in [0.05, 0.1) is 26.9 Å². The Morgan fingerprint density at radius 3 is 2.84 bits per heavy atom. The Balaban J connectivity index is 1.44. The molecule has 0 radical (unpaired) electrons. The van der Waals surface area contributed by atoms with Gasteiger partial charge >= 0.3 is 0 Å². The van der Waals surface area contributed by atoms with Gasteiger partial charge in [0.2, 0.25) is 0 Å². The van der Waals surface area contributed by atoms with Crippen LogP contribution in [0.5, 0.6) is 5.75 Å². The van der Waals surface area contributed by atoms with Gasteiger partial charge in [0.1, 0.15) is 5.75 Å². The number of piperidine rings is 1. The minimum atomic E-state index is -0.428. The highest BCUT2D eigenvalue weighted by Gasteiger charge is 2.31. The first-order valence-electron chi connectivity index (χ1n) is 8.89. The summed E-state index contributed by atoms with van der Waals surface area (Å²) in [5, 5.41) is 1.22. The topological polar surface area (TPSA) is 63.8 Å². The van der Waals surface area contributed by atoms with E-state index < -0.39 is 6.10 Å². The maximum absolute atomic E-state index is 12.5. The number of benzene rings is 1. The molecular weight excluding hydrogens is 320 g/mol. The van der Waals surface area contributed by atoms with Crippen LogP contribution in [0, 0.1) is 0 Å². The summed E-state index contributed by atoms with van der Waals surface area (Å²) < 4.78 is 16.3. The number of aromatic amines is 1. The van der Waals surface area contributed by atoms with Crippen LogP contribution in [0.15, 0.2) is 24.4 Å². The molecule has 1 atom stereocenters. The van der Waals surface area contributed by atoms with Crippen LogP contribution in [0.2, 0.25) is 0 Å². The van der Waals surface area contributed by atoms with E-state index in [1.165, 1.54) is 10.9 Å². The Bertz CT molecular complexity index is 743. The van der Waals surface area contributed by atoms with Gasteiger partial charge in [-0.3, -0.25) is 4.79 Å². The van der Waals surface area contributed by atoms with E-state index in [1.807, 2.05) is 11.0 Å². The summed E-state index contributed by atoms with van der Waals surface area (Å²) in [6, 6.07) is 6.11. The van der Waals surface area contributed by atoms with Gasteiger partial charge in [0.15, 0.2) is 6.10 Å². The van der Waals surface area contributed by atoms with Crippen molar-refractivity contribution in [1.29, 1.82) is 0 Å². The van der Waals surface area contributed by atoms with E-state index >= 15 is 0 Å². The van der Waals surface area contributed by atoms with Crippen LogP contribution in [-0.2, 0) is 14.3 Å². The Morgan fingerprint density at radius 2 is 2.12 bits per heavy atom. The summed E-state index contributed by atoms with van der Waals surface area (Å²) >= 11 is 0. The van der Waals surface area contributed by atoms with Gasteiger partial charge in [0, 0.05) is 30.2 Å². The maximum Gasteiger partial charge on any atom is 0.254 e. The average molecular weight is 344 g/mol. The van der Waals surface area contributed by atoms with E-state index in [4.69, 9.17) is 14.2 Å². The average Bonchev–Trinajstić information content (AvgIpc) is 3.11. The normalized spacial score (nSPS) is 22.3. The van der Waals surface area contributed by atoms with E-state index in [0.29, 0.717) is 25.7 Å². The van der Waals surface area contributed by atoms with E-state index in [9.17, 15) is 4.79 Å². The molecule has 2 saturated heterocycles. The molecule has 1 aromatic heterocycles. The molecule has 0 bridgehead atoms. The quantitative estimate of drug-likeness (QED) is 0.928. The Kier molecular flexibility index (Phi) is 4.63. The summed E-state index contributed by atoms with van der Waals surface area (Å²) in [5.74, 6) is 1.39. The number of carbonyl (C=O) groups excluding carboxylic acids is 1. The lowest BCUT2D eigenvalue weighted by molar-refractivity contribution is -0.158. The van der Waals surface area contributed by atoms with Gasteiger partial charge in [-0.15, -0.1) is 0 Å². The largest absolute Gasteiger partial charge is 0.497 e. The van der Waals surface area contributed by atoms with E-state index in [1.54, 1.807) is 7.11 Å². The van der Waals surface area contributed by atoms with Gasteiger partial charge in [0.25, 0.3) is 5.91 Å². The van der Waals surface area contributed by atoms with Crippen LogP contribution in [-0.4, -0.2) is 61.9 Å². The molecule has 25 heavy (non-hydrogen) atoms. The van der Waals surface area contributed by atoms with Gasteiger partial charge in [-0.25, -0.2) is 0 Å². The van der Waals surface area contributed by atoms with Crippen LogP contribution >= 0.6 is 0 Å². The van der Waals surface area contributed by atoms with Crippen LogP contribution in [0.3, 0.4) is 0 Å². The Labute approximate surface area is 147 Å². The first-order chi connectivity index (χ1) is 12.3. The minimum Gasteiger partial charge on any atom is -0.497 e. The fourth-order valence-electron chi connectivity index (χ4n) is 3.83. The van der Waals surface area contributed by atoms with E-state index in [-0.39, 0.29) is 5.91 Å². The number of nitrogens with zero attached hydrogens (tertiary/aromatic N) is 1. The van der Waals surface area contributed by atoms with Gasteiger partial charge < -0.3 is 24.1 Å². The second-order valence-electron chi connectivity index (χ2n) is 6.69. The molecule has 6 heteroatoms. The summed E-state index contributed by atoms with van der Waals surface area (Å²) in [4.78, 5) is 17.8. The fourth-order valence-corrected chi connectivity index (χ4v) is 3.83. The van der Waals surface area contributed by atoms with Crippen molar-refractivity contribution in [1.82, 2.24) is 9.88 Å². The number of ether oxygens (including phenoxy) is 3. The molecule has 4 rings (SSSR count). The van der Waals surface area contributed by atoms with Crippen molar-refractivity contribution in [3.63, 3.8) is 0 Å². The number of likely N-dealkylation sites (tertiary alicyclic amines) is 1. The van der Waals surface area contributed by atoms with Gasteiger partial charge in [-0.1, -0.05) is 0 Å². The first-order valence-corrected chi connectivity index (χ1v) is 8.89. The number of aromatic nitrogens is 1. The third kappa shape index (κ3) is 3.24. The number of amides is 1. The smallest absolute Gasteiger partial charge is 0.254 e. The zero-order chi connectivity index (χ0) is 17.2. The second-order valence-corrected chi connectivity index (χ2v) is 6.69. The molecule has 1 N–H and O–H groups in total. The third-order valence-electron chi connectivity index (χ3n) is 5.26. The van der Waals surface area contributed by atoms with Crippen molar-refractivity contribution in [3.05, 3.63) is 30.0 Å². The maximum atomic E-state index is 12.5. The van der Waals surface area contributed by atoms with Crippen molar-refractivity contribution in [2.75, 3.05) is 40.0 Å². The molecule has 0 aliphatic carbocycles. The summed E-state index contributed by atoms with van der Waals surface area (Å²) in [7, 11) is 1.69. The molecule has 2 fully saturated rings. The van der Waals surface area contributed by atoms with Crippen LogP contribution < -0.4 is 4.74 Å². The highest BCUT2D eigenvalue weighted by atomic mass is 16.6. The molecule has 2 aromatic rings. The van der Waals surface area contributed by atoms with E-state index in [0.717, 1.165) is 37.2 Å². The Hall–Kier alpha value is -2.05. The monoisotopic (exact) mass is 344 g/mol. The van der Waals surface area contributed by atoms with Crippen molar-refractivity contribution < 1.29 is 19.0 Å². The molecule has 0 saturated carbocycles. The van der Waals surface area contributed by atoms with Crippen LogP contribution in [0.4, 0.5) is 0 Å². The molecule has 2 aliphatic heterocycles. The Morgan fingerprint density at radius 1 is 1.28 bits per heavy atom. The zero-order valence-electron chi connectivity index (χ0n) is 14.5. The second kappa shape index (κ2) is 7.06. The van der Waals surface area contributed by atoms with Crippen LogP contribution in [0.1, 0.15) is 24.3 Å². The fraction of sp³-hybridized carbons (Fsp3) is 0.526. The van der Waals surface area contributed by atoms with Crippen LogP contribution in [0.25, 0.3) is 10.9 Å². The lowest BCUT2D eigenvalue weighted by Gasteiger charge is -2.35. The molecule has 134 valence electrons. The molecule has 0 spiro atoms. The van der Waals surface area contributed by atoms with Gasteiger partial charge in [-0.2, -0.15) is 0 Å². The van der Waals surface area contributed by atoms with Crippen molar-refractivity contribution >= 4 is 16.8 Å². The lowest BCUT2D eigenvalue weighted by atomic mass is 9.89. The zero-order valence-corrected chi connectivity index (χ0v) is 14.5. The minimum absolute atomic E-state index is 0.0683. The summed E-state index contributed by atoms with van der Waals surface area (Å²) in [6.45, 7) is 2.99. The predicted octanol–water partition coefficient (Wildman–Crippen LogP) is 2.30. The predicted molar refractivity (Wildman–Crippen MR) is 94.0 cm³/mol. The summed E-state index contributed by atoms with van der Waals surface area (Å²) in [6.07, 6.45) is 3.60. The lowest BCUT2D eigenvalue weighted by Crippen LogP contribution is -2.47. The van der Waals surface area contributed by atoms with Crippen molar-refractivity contribution in [3.8, 4) is 5.75 Å². The molecule has 3 heterocycles. The summed E-state index contributed by atoms with van der Waals surface area (Å²) in [5.41, 5.74) is 2.44. The SMILES string of the molecule is COc1ccc2[nH]cc(C3CCN(C(=O)C4COCCO4)CC3)c2c1. The number of hydrogen-bond acceptors (Lipinski definition) is 4. The van der Waals surface area contributed by atoms with Crippen molar-refractivity contribution in [2.24, 2.45) is 0 Å². The number of H-pyrrole nitrogens is 1. The molecular formula is C19H24N2O4. The van der Waals surface area contributed by atoms with Crippen molar-refractivity contribution in [2.45, 2.75) is 24.9 Å². The highest BCUT2D eigenvalue weighted by Crippen LogP contribution is 2.34. The molecule has 1 amide bonds. The number of rotatable bonds is 3. The molecule has 6 nitrogen and oxygen atoms in total. The molecule has 1 aromatic carbocycles. The third-order valence-corrected chi connectivity index (χ3v) is 5.26. The first kappa shape index (κ1) is 16.4. The number of nitrogens with one attached hydrogen (secondary N) is 1. The molecule has 2 aliphatic rings. The van der Waals surface area contributed by atoms with E-state index in [2.05, 4.69) is 23.3 Å². The number of carbonyl (C=O) groups is 1. The molecule has 1 unspecified atom stereocenters. The standard InChI is InChI=1S/C19H24N2O4/c1-23-14-2-3-17-15(10-14)16(11-20-17)13-4-6-21(7-5-13)19(22)18-12-24-8-9-25-18/h2-3,10-11,13,18,20H,4-9,12H2,1H3. The number of fused-ring (bicyclic) bond motifs is 1. The number of methoxy groups -OCH3 is 1. The van der Waals surface area contributed by atoms with Gasteiger partial charge in [-0.05, 0) is 42.5 Å². The number of hydrogen-bond donors (Lipinski definition) is 1. The highest BCUT2D eigenvalue weighted by molar-refractivity contribution is 5.85.